The van der Waals surface area contributed by atoms with Crippen LogP contribution in [0.25, 0.3) is 0 Å². The van der Waals surface area contributed by atoms with Crippen molar-refractivity contribution in [2.45, 2.75) is 24.3 Å². The molecule has 1 amide bonds. The first-order valence-corrected chi connectivity index (χ1v) is 9.49. The number of hydrogen-bond acceptors (Lipinski definition) is 6. The Morgan fingerprint density at radius 1 is 1.19 bits per heavy atom. The minimum Gasteiger partial charge on any atom is -0.497 e. The third kappa shape index (κ3) is 5.00. The Bertz CT molecular complexity index is 719. The molecule has 2 N–H and O–H groups in total. The largest absolute Gasteiger partial charge is 0.497 e. The summed E-state index contributed by atoms with van der Waals surface area (Å²) in [5.74, 6) is 0.646. The molecule has 26 heavy (non-hydrogen) atoms. The molecule has 0 saturated carbocycles. The molecule has 0 bridgehead atoms. The predicted octanol–water partition coefficient (Wildman–Crippen LogP) is 0.696. The van der Waals surface area contributed by atoms with E-state index in [0.29, 0.717) is 18.8 Å². The Kier molecular flexibility index (Phi) is 8.14. The number of carbonyl (C=O) groups excluding carboxylic acids is 1. The maximum atomic E-state index is 13.0. The lowest BCUT2D eigenvalue weighted by atomic mass is 10.2. The molecule has 1 aromatic rings. The van der Waals surface area contributed by atoms with Gasteiger partial charge in [0, 0.05) is 44.7 Å². The lowest BCUT2D eigenvalue weighted by Gasteiger charge is -2.34. The van der Waals surface area contributed by atoms with Gasteiger partial charge in [-0.05, 0) is 19.1 Å². The zero-order valence-electron chi connectivity index (χ0n) is 15.2. The number of ether oxygens (including phenoxy) is 2. The van der Waals surface area contributed by atoms with Gasteiger partial charge in [0.1, 0.15) is 16.4 Å². The van der Waals surface area contributed by atoms with Crippen molar-refractivity contribution in [1.29, 1.82) is 0 Å². The van der Waals surface area contributed by atoms with Gasteiger partial charge in [-0.25, -0.2) is 8.42 Å². The van der Waals surface area contributed by atoms with Crippen LogP contribution in [-0.2, 0) is 14.8 Å². The lowest BCUT2D eigenvalue weighted by molar-refractivity contribution is -0.132. The number of amides is 1. The van der Waals surface area contributed by atoms with Gasteiger partial charge in [-0.1, -0.05) is 0 Å². The van der Waals surface area contributed by atoms with Crippen LogP contribution in [0.5, 0.6) is 11.5 Å². The highest BCUT2D eigenvalue weighted by atomic mass is 35.5. The van der Waals surface area contributed by atoms with Crippen LogP contribution in [0, 0.1) is 0 Å². The number of nitrogens with zero attached hydrogens (tertiary/aromatic N) is 2. The third-order valence-electron chi connectivity index (χ3n) is 4.08. The average Bonchev–Trinajstić information content (AvgIpc) is 2.60. The normalized spacial score (nSPS) is 16.5. The molecule has 0 radical (unpaired) electrons. The predicted molar refractivity (Wildman–Crippen MR) is 100 cm³/mol. The van der Waals surface area contributed by atoms with Crippen LogP contribution < -0.4 is 15.2 Å². The first-order chi connectivity index (χ1) is 11.8. The van der Waals surface area contributed by atoms with E-state index in [1.54, 1.807) is 24.0 Å². The van der Waals surface area contributed by atoms with Crippen LogP contribution in [0.2, 0.25) is 0 Å². The second kappa shape index (κ2) is 9.40. The van der Waals surface area contributed by atoms with Gasteiger partial charge in [0.2, 0.25) is 15.9 Å². The van der Waals surface area contributed by atoms with Gasteiger partial charge >= 0.3 is 0 Å². The Balaban J connectivity index is 0.00000338. The van der Waals surface area contributed by atoms with E-state index in [2.05, 4.69) is 0 Å². The minimum atomic E-state index is -3.74. The summed E-state index contributed by atoms with van der Waals surface area (Å²) in [5.41, 5.74) is 5.65. The fraction of sp³-hybridized carbons (Fsp3) is 0.562. The first kappa shape index (κ1) is 22.5. The number of hydrogen-bond donors (Lipinski definition) is 1. The van der Waals surface area contributed by atoms with Gasteiger partial charge in [-0.15, -0.1) is 12.4 Å². The minimum absolute atomic E-state index is 0. The van der Waals surface area contributed by atoms with Crippen molar-refractivity contribution in [2.75, 3.05) is 40.4 Å². The molecular formula is C16H26ClN3O5S. The fourth-order valence-corrected chi connectivity index (χ4v) is 4.30. The summed E-state index contributed by atoms with van der Waals surface area (Å²) in [6, 6.07) is 4.44. The van der Waals surface area contributed by atoms with Crippen LogP contribution in [0.15, 0.2) is 23.1 Å². The van der Waals surface area contributed by atoms with Gasteiger partial charge in [0.05, 0.1) is 14.2 Å². The third-order valence-corrected chi connectivity index (χ3v) is 6.00. The summed E-state index contributed by atoms with van der Waals surface area (Å²) in [6.07, 6.45) is 0.260. The number of piperazine rings is 1. The number of benzene rings is 1. The van der Waals surface area contributed by atoms with Gasteiger partial charge in [0.25, 0.3) is 0 Å². The summed E-state index contributed by atoms with van der Waals surface area (Å²) in [5, 5.41) is 0. The molecule has 1 heterocycles. The quantitative estimate of drug-likeness (QED) is 0.744. The molecule has 8 nitrogen and oxygen atoms in total. The summed E-state index contributed by atoms with van der Waals surface area (Å²) in [6.45, 7) is 2.92. The molecule has 10 heteroatoms. The monoisotopic (exact) mass is 407 g/mol. The molecule has 0 aliphatic carbocycles. The molecular weight excluding hydrogens is 382 g/mol. The maximum absolute atomic E-state index is 13.0. The van der Waals surface area contributed by atoms with Gasteiger partial charge < -0.3 is 20.1 Å². The Hall–Kier alpha value is -1.55. The zero-order valence-corrected chi connectivity index (χ0v) is 16.8. The van der Waals surface area contributed by atoms with Crippen molar-refractivity contribution in [3.8, 4) is 11.5 Å². The van der Waals surface area contributed by atoms with Gasteiger partial charge in [-0.2, -0.15) is 4.31 Å². The molecule has 1 fully saturated rings. The van der Waals surface area contributed by atoms with Crippen molar-refractivity contribution in [3.05, 3.63) is 18.2 Å². The lowest BCUT2D eigenvalue weighted by Crippen LogP contribution is -2.51. The van der Waals surface area contributed by atoms with Crippen LogP contribution in [-0.4, -0.2) is 70.0 Å². The van der Waals surface area contributed by atoms with Crippen molar-refractivity contribution in [1.82, 2.24) is 9.21 Å². The maximum Gasteiger partial charge on any atom is 0.247 e. The van der Waals surface area contributed by atoms with Crippen LogP contribution in [0.4, 0.5) is 0 Å². The highest BCUT2D eigenvalue weighted by Gasteiger charge is 2.32. The second-order valence-electron chi connectivity index (χ2n) is 5.98. The molecule has 1 aromatic carbocycles. The van der Waals surface area contributed by atoms with E-state index in [4.69, 9.17) is 15.2 Å². The first-order valence-electron chi connectivity index (χ1n) is 8.05. The number of sulfonamides is 1. The van der Waals surface area contributed by atoms with Gasteiger partial charge in [-0.3, -0.25) is 4.79 Å². The topological polar surface area (TPSA) is 102 Å². The van der Waals surface area contributed by atoms with Crippen LogP contribution in [0.3, 0.4) is 0 Å². The Labute approximate surface area is 160 Å². The van der Waals surface area contributed by atoms with E-state index in [1.807, 2.05) is 0 Å². The molecule has 1 atom stereocenters. The van der Waals surface area contributed by atoms with Crippen molar-refractivity contribution >= 4 is 28.3 Å². The molecule has 1 aliphatic rings. The Morgan fingerprint density at radius 2 is 1.81 bits per heavy atom. The number of methoxy groups -OCH3 is 2. The molecule has 0 aromatic heterocycles. The van der Waals surface area contributed by atoms with Crippen molar-refractivity contribution in [2.24, 2.45) is 5.73 Å². The molecule has 1 saturated heterocycles. The molecule has 1 unspecified atom stereocenters. The van der Waals surface area contributed by atoms with E-state index in [1.165, 1.54) is 24.6 Å². The SMILES string of the molecule is COc1ccc(OC)c(S(=O)(=O)N2CCN(C(=O)CC(C)N)CC2)c1.Cl. The summed E-state index contributed by atoms with van der Waals surface area (Å²) in [4.78, 5) is 13.8. The summed E-state index contributed by atoms with van der Waals surface area (Å²) in [7, 11) is -0.849. The van der Waals surface area contributed by atoms with E-state index < -0.39 is 10.0 Å². The fourth-order valence-electron chi connectivity index (χ4n) is 2.71. The highest BCUT2D eigenvalue weighted by Crippen LogP contribution is 2.31. The summed E-state index contributed by atoms with van der Waals surface area (Å²) < 4.78 is 37.6. The standard InChI is InChI=1S/C16H25N3O5S.ClH/c1-12(17)10-16(20)18-6-8-19(9-7-18)25(21,22)15-11-13(23-2)4-5-14(15)24-3;/h4-5,11-12H,6-10,17H2,1-3H3;1H. The van der Waals surface area contributed by atoms with Crippen molar-refractivity contribution in [3.63, 3.8) is 0 Å². The van der Waals surface area contributed by atoms with E-state index in [9.17, 15) is 13.2 Å². The smallest absolute Gasteiger partial charge is 0.247 e. The number of rotatable bonds is 6. The molecule has 1 aliphatic heterocycles. The molecule has 148 valence electrons. The van der Waals surface area contributed by atoms with E-state index in [-0.39, 0.29) is 54.5 Å². The number of carbonyl (C=O) groups is 1. The summed E-state index contributed by atoms with van der Waals surface area (Å²) >= 11 is 0. The number of nitrogens with two attached hydrogens (primary N) is 1. The van der Waals surface area contributed by atoms with Gasteiger partial charge in [0.15, 0.2) is 0 Å². The second-order valence-corrected chi connectivity index (χ2v) is 7.89. The average molecular weight is 408 g/mol. The molecule has 0 spiro atoms. The van der Waals surface area contributed by atoms with Crippen molar-refractivity contribution < 1.29 is 22.7 Å². The molecule has 2 rings (SSSR count). The number of halogens is 1. The Morgan fingerprint density at radius 3 is 2.31 bits per heavy atom. The van der Waals surface area contributed by atoms with Crippen LogP contribution >= 0.6 is 12.4 Å². The van der Waals surface area contributed by atoms with E-state index >= 15 is 0 Å². The van der Waals surface area contributed by atoms with E-state index in [0.717, 1.165) is 0 Å². The van der Waals surface area contributed by atoms with Crippen LogP contribution in [0.1, 0.15) is 13.3 Å². The highest BCUT2D eigenvalue weighted by molar-refractivity contribution is 7.89. The zero-order chi connectivity index (χ0) is 18.6.